The molecule has 5 aromatic heterocycles. The van der Waals surface area contributed by atoms with Crippen LogP contribution >= 0.6 is 0 Å². The van der Waals surface area contributed by atoms with Crippen LogP contribution in [0.1, 0.15) is 32.1 Å². The second-order valence-electron chi connectivity index (χ2n) is 11.7. The smallest absolute Gasteiger partial charge is 0.138 e. The van der Waals surface area contributed by atoms with Crippen LogP contribution in [0.4, 0.5) is 10.1 Å². The summed E-state index contributed by atoms with van der Waals surface area (Å²) in [6, 6.07) is 14.8. The molecule has 224 valence electrons. The maximum atomic E-state index is 14.7. The summed E-state index contributed by atoms with van der Waals surface area (Å²) >= 11 is 0. The van der Waals surface area contributed by atoms with Crippen molar-refractivity contribution < 1.29 is 9.13 Å². The number of aromatic nitrogens is 6. The van der Waals surface area contributed by atoms with Crippen molar-refractivity contribution in [1.82, 2.24) is 35.0 Å². The van der Waals surface area contributed by atoms with E-state index in [1.165, 1.54) is 31.4 Å². The molecule has 44 heavy (non-hydrogen) atoms. The van der Waals surface area contributed by atoms with Crippen molar-refractivity contribution in [3.8, 4) is 39.7 Å². The van der Waals surface area contributed by atoms with Crippen LogP contribution in [0, 0.1) is 5.82 Å². The Labute approximate surface area is 254 Å². The first-order valence-corrected chi connectivity index (χ1v) is 15.1. The standard InChI is InChI=1S/C34H35FN8O/c1-43(2)13-12-37-24-15-21(14-23(35)17-24)32-27-18-31(39-29(27)10-11-38-32)34-33-30(41-42-34)9-8-28(40-33)22-16-26(20-36-19-22)44-25-6-4-3-5-7-25/h8-11,14-20,25,37,39H,3-7,12-13H2,1-2H3,(H,41,42). The van der Waals surface area contributed by atoms with Gasteiger partial charge >= 0.3 is 0 Å². The van der Waals surface area contributed by atoms with Crippen LogP contribution in [0.2, 0.25) is 0 Å². The first-order valence-electron chi connectivity index (χ1n) is 15.1. The number of rotatable bonds is 9. The molecule has 6 aromatic rings. The number of nitrogens with one attached hydrogen (secondary N) is 3. The Hall–Kier alpha value is -4.83. The van der Waals surface area contributed by atoms with Crippen LogP contribution in [0.3, 0.4) is 0 Å². The number of H-pyrrole nitrogens is 2. The number of nitrogens with zero attached hydrogens (tertiary/aromatic N) is 5. The van der Waals surface area contributed by atoms with Gasteiger partial charge < -0.3 is 19.9 Å². The molecule has 7 rings (SSSR count). The van der Waals surface area contributed by atoms with Crippen molar-refractivity contribution in [1.29, 1.82) is 0 Å². The number of aromatic amines is 2. The molecule has 5 heterocycles. The van der Waals surface area contributed by atoms with Gasteiger partial charge in [0.2, 0.25) is 0 Å². The van der Waals surface area contributed by atoms with Gasteiger partial charge in [0.1, 0.15) is 22.8 Å². The van der Waals surface area contributed by atoms with E-state index in [0.717, 1.165) is 64.0 Å². The summed E-state index contributed by atoms with van der Waals surface area (Å²) in [6.07, 6.45) is 11.4. The number of pyridine rings is 3. The predicted octanol–water partition coefficient (Wildman–Crippen LogP) is 7.05. The van der Waals surface area contributed by atoms with E-state index in [0.29, 0.717) is 29.2 Å². The number of halogens is 1. The zero-order valence-electron chi connectivity index (χ0n) is 24.9. The number of benzene rings is 1. The second-order valence-corrected chi connectivity index (χ2v) is 11.7. The van der Waals surface area contributed by atoms with Gasteiger partial charge in [0.25, 0.3) is 0 Å². The molecule has 0 atom stereocenters. The molecule has 0 aliphatic heterocycles. The fourth-order valence-electron chi connectivity index (χ4n) is 5.91. The first kappa shape index (κ1) is 28.0. The minimum absolute atomic E-state index is 0.247. The van der Waals surface area contributed by atoms with Crippen LogP contribution in [-0.2, 0) is 0 Å². The molecule has 0 amide bonds. The van der Waals surface area contributed by atoms with E-state index >= 15 is 0 Å². The number of hydrogen-bond acceptors (Lipinski definition) is 7. The van der Waals surface area contributed by atoms with Crippen molar-refractivity contribution >= 4 is 27.6 Å². The Morgan fingerprint density at radius 1 is 0.955 bits per heavy atom. The summed E-state index contributed by atoms with van der Waals surface area (Å²) in [7, 11) is 4.02. The molecule has 0 saturated heterocycles. The normalized spacial score (nSPS) is 14.1. The predicted molar refractivity (Wildman–Crippen MR) is 172 cm³/mol. The highest BCUT2D eigenvalue weighted by Crippen LogP contribution is 2.34. The molecule has 10 heteroatoms. The summed E-state index contributed by atoms with van der Waals surface area (Å²) in [6.45, 7) is 1.54. The average molecular weight is 591 g/mol. The monoisotopic (exact) mass is 590 g/mol. The summed E-state index contributed by atoms with van der Waals surface area (Å²) in [5, 5.41) is 11.9. The van der Waals surface area contributed by atoms with E-state index < -0.39 is 0 Å². The molecule has 0 unspecified atom stereocenters. The molecular weight excluding hydrogens is 555 g/mol. The van der Waals surface area contributed by atoms with Crippen LogP contribution in [0.15, 0.2) is 67.1 Å². The highest BCUT2D eigenvalue weighted by Gasteiger charge is 2.18. The third kappa shape index (κ3) is 5.85. The number of anilines is 1. The lowest BCUT2D eigenvalue weighted by molar-refractivity contribution is 0.154. The zero-order valence-corrected chi connectivity index (χ0v) is 24.9. The lowest BCUT2D eigenvalue weighted by Crippen LogP contribution is -2.20. The highest BCUT2D eigenvalue weighted by molar-refractivity contribution is 5.99. The lowest BCUT2D eigenvalue weighted by Gasteiger charge is -2.22. The van der Waals surface area contributed by atoms with E-state index in [-0.39, 0.29) is 11.9 Å². The summed E-state index contributed by atoms with van der Waals surface area (Å²) in [5.74, 6) is 0.454. The Morgan fingerprint density at radius 2 is 1.84 bits per heavy atom. The lowest BCUT2D eigenvalue weighted by atomic mass is 9.98. The molecule has 0 bridgehead atoms. The van der Waals surface area contributed by atoms with Gasteiger partial charge in [-0.05, 0) is 88.3 Å². The van der Waals surface area contributed by atoms with E-state index in [4.69, 9.17) is 9.72 Å². The molecular formula is C34H35FN8O. The molecule has 1 saturated carbocycles. The van der Waals surface area contributed by atoms with Crippen molar-refractivity contribution in [2.45, 2.75) is 38.2 Å². The largest absolute Gasteiger partial charge is 0.489 e. The Bertz CT molecular complexity index is 1920. The van der Waals surface area contributed by atoms with Crippen LogP contribution < -0.4 is 10.1 Å². The fraction of sp³-hybridized carbons (Fsp3) is 0.294. The summed E-state index contributed by atoms with van der Waals surface area (Å²) in [5.41, 5.74) is 7.69. The van der Waals surface area contributed by atoms with Gasteiger partial charge in [0.05, 0.1) is 34.9 Å². The van der Waals surface area contributed by atoms with Crippen LogP contribution in [-0.4, -0.2) is 68.3 Å². The zero-order chi connectivity index (χ0) is 30.0. The maximum Gasteiger partial charge on any atom is 0.138 e. The highest BCUT2D eigenvalue weighted by atomic mass is 19.1. The van der Waals surface area contributed by atoms with E-state index in [2.05, 4.69) is 35.4 Å². The van der Waals surface area contributed by atoms with E-state index in [1.54, 1.807) is 12.4 Å². The van der Waals surface area contributed by atoms with Crippen molar-refractivity contribution in [2.75, 3.05) is 32.5 Å². The van der Waals surface area contributed by atoms with Gasteiger partial charge in [-0.1, -0.05) is 6.42 Å². The van der Waals surface area contributed by atoms with Crippen molar-refractivity contribution in [3.63, 3.8) is 0 Å². The number of ether oxygens (including phenoxy) is 1. The van der Waals surface area contributed by atoms with Gasteiger partial charge in [-0.2, -0.15) is 5.10 Å². The van der Waals surface area contributed by atoms with Gasteiger partial charge in [0, 0.05) is 53.2 Å². The average Bonchev–Trinajstić information content (AvgIpc) is 3.65. The van der Waals surface area contributed by atoms with Crippen LogP contribution in [0.25, 0.3) is 55.8 Å². The molecule has 9 nitrogen and oxygen atoms in total. The van der Waals surface area contributed by atoms with Gasteiger partial charge in [-0.25, -0.2) is 9.37 Å². The minimum Gasteiger partial charge on any atom is -0.489 e. The molecule has 1 fully saturated rings. The van der Waals surface area contributed by atoms with Crippen LogP contribution in [0.5, 0.6) is 5.75 Å². The molecule has 1 aliphatic carbocycles. The quantitative estimate of drug-likeness (QED) is 0.166. The Morgan fingerprint density at radius 3 is 2.70 bits per heavy atom. The summed E-state index contributed by atoms with van der Waals surface area (Å²) < 4.78 is 21.0. The Balaban J connectivity index is 1.21. The van der Waals surface area contributed by atoms with Crippen molar-refractivity contribution in [3.05, 3.63) is 72.9 Å². The molecule has 1 aliphatic rings. The van der Waals surface area contributed by atoms with Gasteiger partial charge in [-0.3, -0.25) is 15.1 Å². The fourth-order valence-corrected chi connectivity index (χ4v) is 5.91. The third-order valence-corrected chi connectivity index (χ3v) is 8.13. The molecule has 0 spiro atoms. The Kier molecular flexibility index (Phi) is 7.66. The molecule has 1 aromatic carbocycles. The minimum atomic E-state index is -0.317. The molecule has 0 radical (unpaired) electrons. The van der Waals surface area contributed by atoms with E-state index in [9.17, 15) is 4.39 Å². The topological polar surface area (TPSA) is 108 Å². The van der Waals surface area contributed by atoms with E-state index in [1.807, 2.05) is 56.7 Å². The third-order valence-electron chi connectivity index (χ3n) is 8.13. The second kappa shape index (κ2) is 12.0. The van der Waals surface area contributed by atoms with Gasteiger partial charge in [-0.15, -0.1) is 0 Å². The summed E-state index contributed by atoms with van der Waals surface area (Å²) in [4.78, 5) is 19.6. The SMILES string of the molecule is CN(C)CCNc1cc(F)cc(-c2nccc3[nH]c(-c4n[nH]c5ccc(-c6cncc(OC7CCCCC7)c6)nc45)cc23)c1. The number of hydrogen-bond donors (Lipinski definition) is 3. The number of fused-ring (bicyclic) bond motifs is 2. The maximum absolute atomic E-state index is 14.7. The van der Waals surface area contributed by atoms with Crippen molar-refractivity contribution in [2.24, 2.45) is 0 Å². The molecule has 3 N–H and O–H groups in total. The van der Waals surface area contributed by atoms with Gasteiger partial charge in [0.15, 0.2) is 0 Å². The number of likely N-dealkylation sites (N-methyl/N-ethyl adjacent to an activating group) is 1. The first-order chi connectivity index (χ1) is 21.5.